The molecule has 1 unspecified atom stereocenters. The fraction of sp³-hybridized carbons (Fsp3) is 0.391. The summed E-state index contributed by atoms with van der Waals surface area (Å²) in [5.41, 5.74) is 3.00. The molecule has 1 aromatic carbocycles. The van der Waals surface area contributed by atoms with Crippen LogP contribution in [0.5, 0.6) is 0 Å². The van der Waals surface area contributed by atoms with Crippen molar-refractivity contribution in [1.29, 1.82) is 0 Å². The maximum Gasteiger partial charge on any atom is 0.270 e. The molecule has 6 nitrogen and oxygen atoms in total. The number of aryl methyl sites for hydroxylation is 1. The first kappa shape index (κ1) is 20.9. The van der Waals surface area contributed by atoms with E-state index in [0.29, 0.717) is 29.7 Å². The van der Waals surface area contributed by atoms with E-state index in [1.165, 1.54) is 19.3 Å². The molecule has 0 spiro atoms. The topological polar surface area (TPSA) is 70.4 Å². The van der Waals surface area contributed by atoms with Crippen molar-refractivity contribution in [1.82, 2.24) is 15.2 Å². The number of likely N-dealkylation sites (tertiary alicyclic amines) is 1. The molecule has 1 amide bonds. The van der Waals surface area contributed by atoms with Crippen molar-refractivity contribution in [3.8, 4) is 0 Å². The van der Waals surface area contributed by atoms with E-state index in [-0.39, 0.29) is 5.91 Å². The Bertz CT molecular complexity index is 1050. The number of carbonyl (C=O) groups excluding carboxylic acids is 1. The van der Waals surface area contributed by atoms with Gasteiger partial charge in [0.05, 0.1) is 11.6 Å². The molecule has 0 aliphatic carbocycles. The molecule has 1 aliphatic rings. The molecule has 3 aromatic rings. The summed E-state index contributed by atoms with van der Waals surface area (Å²) in [4.78, 5) is 19.8. The van der Waals surface area contributed by atoms with Crippen LogP contribution in [-0.4, -0.2) is 41.5 Å². The highest BCUT2D eigenvalue weighted by molar-refractivity contribution is 9.10. The zero-order chi connectivity index (χ0) is 21.1. The van der Waals surface area contributed by atoms with Gasteiger partial charge in [-0.2, -0.15) is 0 Å². The van der Waals surface area contributed by atoms with Crippen LogP contribution in [0.2, 0.25) is 0 Å². The van der Waals surface area contributed by atoms with Crippen LogP contribution < -0.4 is 10.6 Å². The average Bonchev–Trinajstić information content (AvgIpc) is 3.21. The highest BCUT2D eigenvalue weighted by Crippen LogP contribution is 2.28. The number of furan rings is 1. The minimum absolute atomic E-state index is 0.187. The Morgan fingerprint density at radius 1 is 1.30 bits per heavy atom. The summed E-state index contributed by atoms with van der Waals surface area (Å²) < 4.78 is 6.61. The van der Waals surface area contributed by atoms with Crippen molar-refractivity contribution in [2.75, 3.05) is 25.0 Å². The molecule has 7 heteroatoms. The number of halogens is 1. The lowest BCUT2D eigenvalue weighted by molar-refractivity contribution is 0.0933. The Labute approximate surface area is 185 Å². The quantitative estimate of drug-likeness (QED) is 0.514. The van der Waals surface area contributed by atoms with E-state index in [2.05, 4.69) is 43.4 Å². The van der Waals surface area contributed by atoms with Gasteiger partial charge in [0.2, 0.25) is 0 Å². The van der Waals surface area contributed by atoms with Crippen LogP contribution in [0.4, 0.5) is 11.5 Å². The van der Waals surface area contributed by atoms with Gasteiger partial charge in [-0.05, 0) is 63.1 Å². The van der Waals surface area contributed by atoms with Crippen LogP contribution in [0, 0.1) is 6.92 Å². The molecule has 3 heterocycles. The number of nitrogens with one attached hydrogen (secondary N) is 2. The standard InChI is InChI=1S/C23H27BrN4O2/c1-15-13-17(6-7-19(15)24)26-22-18-8-12-30-21(18)14-20(27-22)23(29)25-9-11-28-10-4-3-5-16(28)2/h6-8,12-14,16H,3-5,9-11H2,1-2H3,(H,25,29)(H,26,27). The predicted molar refractivity (Wildman–Crippen MR) is 123 cm³/mol. The van der Waals surface area contributed by atoms with Crippen molar-refractivity contribution in [2.24, 2.45) is 0 Å². The summed E-state index contributed by atoms with van der Waals surface area (Å²) in [6, 6.07) is 10.1. The van der Waals surface area contributed by atoms with Gasteiger partial charge in [0.15, 0.2) is 0 Å². The van der Waals surface area contributed by atoms with Crippen LogP contribution >= 0.6 is 15.9 Å². The van der Waals surface area contributed by atoms with Crippen molar-refractivity contribution < 1.29 is 9.21 Å². The van der Waals surface area contributed by atoms with Crippen LogP contribution in [0.15, 0.2) is 45.5 Å². The summed E-state index contributed by atoms with van der Waals surface area (Å²) >= 11 is 3.52. The van der Waals surface area contributed by atoms with E-state index in [0.717, 1.165) is 34.2 Å². The van der Waals surface area contributed by atoms with Crippen LogP contribution in [0.3, 0.4) is 0 Å². The van der Waals surface area contributed by atoms with Crippen molar-refractivity contribution in [3.63, 3.8) is 0 Å². The van der Waals surface area contributed by atoms with E-state index in [1.807, 2.05) is 31.2 Å². The first-order valence-electron chi connectivity index (χ1n) is 10.4. The summed E-state index contributed by atoms with van der Waals surface area (Å²) in [7, 11) is 0. The summed E-state index contributed by atoms with van der Waals surface area (Å²) in [6.45, 7) is 6.86. The lowest BCUT2D eigenvalue weighted by Crippen LogP contribution is -2.42. The molecule has 0 bridgehead atoms. The second-order valence-corrected chi connectivity index (χ2v) is 8.77. The minimum Gasteiger partial charge on any atom is -0.464 e. The third-order valence-electron chi connectivity index (χ3n) is 5.73. The molecule has 4 rings (SSSR count). The maximum atomic E-state index is 12.8. The number of fused-ring (bicyclic) bond motifs is 1. The van der Waals surface area contributed by atoms with Crippen molar-refractivity contribution >= 4 is 44.3 Å². The number of hydrogen-bond acceptors (Lipinski definition) is 5. The third-order valence-corrected chi connectivity index (χ3v) is 6.62. The average molecular weight is 471 g/mol. The Hall–Kier alpha value is -2.38. The molecule has 0 saturated carbocycles. The van der Waals surface area contributed by atoms with Crippen LogP contribution in [0.25, 0.3) is 11.0 Å². The third kappa shape index (κ3) is 4.68. The van der Waals surface area contributed by atoms with Crippen LogP contribution in [-0.2, 0) is 0 Å². The number of aromatic nitrogens is 1. The van der Waals surface area contributed by atoms with E-state index in [1.54, 1.807) is 12.3 Å². The zero-order valence-corrected chi connectivity index (χ0v) is 19.0. The molecule has 1 fully saturated rings. The van der Waals surface area contributed by atoms with Gasteiger partial charge in [-0.25, -0.2) is 4.98 Å². The molecule has 1 saturated heterocycles. The van der Waals surface area contributed by atoms with Gasteiger partial charge in [-0.15, -0.1) is 0 Å². The van der Waals surface area contributed by atoms with E-state index in [4.69, 9.17) is 4.42 Å². The summed E-state index contributed by atoms with van der Waals surface area (Å²) in [5.74, 6) is 0.422. The Kier molecular flexibility index (Phi) is 6.39. The highest BCUT2D eigenvalue weighted by Gasteiger charge is 2.19. The number of pyridine rings is 1. The first-order valence-corrected chi connectivity index (χ1v) is 11.2. The molecule has 1 aliphatic heterocycles. The largest absolute Gasteiger partial charge is 0.464 e. The first-order chi connectivity index (χ1) is 14.5. The van der Waals surface area contributed by atoms with Gasteiger partial charge < -0.3 is 15.1 Å². The molecule has 2 N–H and O–H groups in total. The van der Waals surface area contributed by atoms with E-state index in [9.17, 15) is 4.79 Å². The molecule has 0 radical (unpaired) electrons. The lowest BCUT2D eigenvalue weighted by atomic mass is 10.0. The van der Waals surface area contributed by atoms with E-state index < -0.39 is 0 Å². The summed E-state index contributed by atoms with van der Waals surface area (Å²) in [6.07, 6.45) is 5.38. The molecule has 30 heavy (non-hydrogen) atoms. The zero-order valence-electron chi connectivity index (χ0n) is 17.4. The smallest absolute Gasteiger partial charge is 0.270 e. The molecule has 158 valence electrons. The monoisotopic (exact) mass is 470 g/mol. The normalized spacial score (nSPS) is 17.2. The van der Waals surface area contributed by atoms with Gasteiger partial charge in [0.25, 0.3) is 5.91 Å². The fourth-order valence-corrected chi connectivity index (χ4v) is 4.18. The second-order valence-electron chi connectivity index (χ2n) is 7.91. The van der Waals surface area contributed by atoms with Crippen molar-refractivity contribution in [3.05, 3.63) is 52.3 Å². The second kappa shape index (κ2) is 9.18. The SMILES string of the molecule is Cc1cc(Nc2nc(C(=O)NCCN3CCCCC3C)cc3occc23)ccc1Br. The number of hydrogen-bond donors (Lipinski definition) is 2. The number of carbonyl (C=O) groups is 1. The van der Waals surface area contributed by atoms with E-state index >= 15 is 0 Å². The Morgan fingerprint density at radius 3 is 2.97 bits per heavy atom. The highest BCUT2D eigenvalue weighted by atomic mass is 79.9. The van der Waals surface area contributed by atoms with Gasteiger partial charge in [0, 0.05) is 35.4 Å². The number of amides is 1. The number of nitrogens with zero attached hydrogens (tertiary/aromatic N) is 2. The predicted octanol–water partition coefficient (Wildman–Crippen LogP) is 5.25. The minimum atomic E-state index is -0.187. The number of rotatable bonds is 6. The van der Waals surface area contributed by atoms with Gasteiger partial charge in [-0.3, -0.25) is 9.69 Å². The van der Waals surface area contributed by atoms with Crippen molar-refractivity contribution in [2.45, 2.75) is 39.2 Å². The molecule has 2 aromatic heterocycles. The number of piperidine rings is 1. The van der Waals surface area contributed by atoms with Gasteiger partial charge in [-0.1, -0.05) is 22.4 Å². The maximum absolute atomic E-state index is 12.8. The Balaban J connectivity index is 1.48. The molecular formula is C23H27BrN4O2. The van der Waals surface area contributed by atoms with Gasteiger partial charge in [0.1, 0.15) is 17.1 Å². The molecular weight excluding hydrogens is 444 g/mol. The molecule has 1 atom stereocenters. The number of benzene rings is 1. The van der Waals surface area contributed by atoms with Crippen LogP contribution in [0.1, 0.15) is 42.2 Å². The number of anilines is 2. The Morgan fingerprint density at radius 2 is 2.17 bits per heavy atom. The summed E-state index contributed by atoms with van der Waals surface area (Å²) in [5, 5.41) is 7.18. The van der Waals surface area contributed by atoms with Gasteiger partial charge >= 0.3 is 0 Å². The lowest BCUT2D eigenvalue weighted by Gasteiger charge is -2.33. The fourth-order valence-electron chi connectivity index (χ4n) is 3.93.